The van der Waals surface area contributed by atoms with Gasteiger partial charge in [0, 0.05) is 16.9 Å². The van der Waals surface area contributed by atoms with Crippen LogP contribution < -0.4 is 4.90 Å². The Balaban J connectivity index is 1.03. The molecule has 0 saturated heterocycles. The Morgan fingerprint density at radius 1 is 0.243 bits per heavy atom. The van der Waals surface area contributed by atoms with Crippen LogP contribution >= 0.6 is 0 Å². The third-order valence-corrected chi connectivity index (χ3v) is 15.1. The Morgan fingerprint density at radius 2 is 0.700 bits per heavy atom. The van der Waals surface area contributed by atoms with Crippen LogP contribution in [0, 0.1) is 0 Å². The second-order valence-electron chi connectivity index (χ2n) is 18.7. The van der Waals surface area contributed by atoms with Crippen molar-refractivity contribution in [1.29, 1.82) is 0 Å². The van der Waals surface area contributed by atoms with Gasteiger partial charge in [-0.1, -0.05) is 237 Å². The highest BCUT2D eigenvalue weighted by Crippen LogP contribution is 2.63. The molecule has 1 spiro atoms. The van der Waals surface area contributed by atoms with E-state index in [1.54, 1.807) is 0 Å². The zero-order chi connectivity index (χ0) is 46.2. The van der Waals surface area contributed by atoms with Gasteiger partial charge in [-0.05, 0) is 141 Å². The predicted octanol–water partition coefficient (Wildman–Crippen LogP) is 18.5. The van der Waals surface area contributed by atoms with E-state index in [-0.39, 0.29) is 0 Å². The van der Waals surface area contributed by atoms with Gasteiger partial charge in [-0.15, -0.1) is 0 Å². The van der Waals surface area contributed by atoms with Crippen LogP contribution in [0.1, 0.15) is 22.3 Å². The van der Waals surface area contributed by atoms with Crippen LogP contribution in [-0.4, -0.2) is 0 Å². The monoisotopic (exact) mass is 887 g/mol. The van der Waals surface area contributed by atoms with Crippen LogP contribution in [0.15, 0.2) is 273 Å². The lowest BCUT2D eigenvalue weighted by Gasteiger charge is -2.32. The van der Waals surface area contributed by atoms with Crippen LogP contribution in [0.25, 0.3) is 88.3 Å². The van der Waals surface area contributed by atoms with E-state index >= 15 is 0 Å². The SMILES string of the molecule is c1ccc(-c2ccccc2-c2c(-c3ccccc3)cccc2N(c2ccc(-c3cc4ccccc4c4ccccc34)cc2)c2ccc3c(c2)-c2ccccc2C32c3ccccc3-c3ccccc32)cc1. The largest absolute Gasteiger partial charge is 0.310 e. The molecule has 2 aliphatic rings. The number of benzene rings is 12. The zero-order valence-corrected chi connectivity index (χ0v) is 38.4. The maximum absolute atomic E-state index is 2.51. The topological polar surface area (TPSA) is 3.24 Å². The molecule has 14 rings (SSSR count). The predicted molar refractivity (Wildman–Crippen MR) is 294 cm³/mol. The second kappa shape index (κ2) is 16.0. The molecule has 0 aromatic heterocycles. The molecule has 0 amide bonds. The van der Waals surface area contributed by atoms with E-state index in [0.29, 0.717) is 0 Å². The van der Waals surface area contributed by atoms with Crippen LogP contribution in [0.5, 0.6) is 0 Å². The maximum atomic E-state index is 2.51. The van der Waals surface area contributed by atoms with Gasteiger partial charge in [0.2, 0.25) is 0 Å². The minimum absolute atomic E-state index is 0.431. The summed E-state index contributed by atoms with van der Waals surface area (Å²) in [4.78, 5) is 2.51. The van der Waals surface area contributed by atoms with Gasteiger partial charge in [0.25, 0.3) is 0 Å². The Hall–Kier alpha value is -9.04. The summed E-state index contributed by atoms with van der Waals surface area (Å²) in [6.45, 7) is 0. The molecular weight excluding hydrogens is 843 g/mol. The highest BCUT2D eigenvalue weighted by Gasteiger charge is 2.51. The summed E-state index contributed by atoms with van der Waals surface area (Å²) < 4.78 is 0. The van der Waals surface area contributed by atoms with Gasteiger partial charge in [0.05, 0.1) is 11.1 Å². The molecule has 12 aromatic rings. The molecular formula is C69H45N. The van der Waals surface area contributed by atoms with E-state index in [9.17, 15) is 0 Å². The molecule has 2 aliphatic carbocycles. The average molecular weight is 888 g/mol. The van der Waals surface area contributed by atoms with Gasteiger partial charge in [-0.25, -0.2) is 0 Å². The standard InChI is InChI=1S/C69H45N/c1-3-20-46(21-4-1)52-25-9-12-32-60(52)68-54(47-22-5-2-6-23-47)33-19-37-67(68)70(50-40-38-48(39-41-50)61-44-49-24-7-8-26-53(49)55-27-10-11-28-56(55)61)51-42-43-66-62(45-51)59-31-15-18-36-65(59)69(66)63-34-16-13-29-57(63)58-30-14-17-35-64(58)69/h1-45H. The lowest BCUT2D eigenvalue weighted by Crippen LogP contribution is -2.25. The number of hydrogen-bond donors (Lipinski definition) is 0. The zero-order valence-electron chi connectivity index (χ0n) is 38.4. The highest BCUT2D eigenvalue weighted by molar-refractivity contribution is 6.14. The minimum Gasteiger partial charge on any atom is -0.310 e. The molecule has 0 atom stereocenters. The third kappa shape index (κ3) is 5.98. The van der Waals surface area contributed by atoms with Crippen LogP contribution in [0.2, 0.25) is 0 Å². The van der Waals surface area contributed by atoms with Crippen molar-refractivity contribution < 1.29 is 0 Å². The molecule has 0 fully saturated rings. The Bertz CT molecular complexity index is 3950. The molecule has 12 aromatic carbocycles. The fourth-order valence-electron chi connectivity index (χ4n) is 12.2. The summed E-state index contributed by atoms with van der Waals surface area (Å²) in [7, 11) is 0. The first-order chi connectivity index (χ1) is 34.8. The second-order valence-corrected chi connectivity index (χ2v) is 18.7. The first kappa shape index (κ1) is 40.1. The Labute approximate surface area is 408 Å². The molecule has 0 radical (unpaired) electrons. The number of fused-ring (bicyclic) bond motifs is 13. The van der Waals surface area contributed by atoms with Gasteiger partial charge >= 0.3 is 0 Å². The number of anilines is 3. The van der Waals surface area contributed by atoms with Gasteiger partial charge in [0.1, 0.15) is 0 Å². The number of hydrogen-bond acceptors (Lipinski definition) is 1. The molecule has 0 unspecified atom stereocenters. The Kier molecular flexibility index (Phi) is 9.19. The molecule has 326 valence electrons. The average Bonchev–Trinajstić information content (AvgIpc) is 3.91. The van der Waals surface area contributed by atoms with E-state index in [0.717, 1.165) is 17.1 Å². The molecule has 70 heavy (non-hydrogen) atoms. The van der Waals surface area contributed by atoms with E-state index < -0.39 is 5.41 Å². The first-order valence-electron chi connectivity index (χ1n) is 24.3. The van der Waals surface area contributed by atoms with Crippen molar-refractivity contribution in [3.63, 3.8) is 0 Å². The summed E-state index contributed by atoms with van der Waals surface area (Å²) in [5, 5.41) is 5.03. The van der Waals surface area contributed by atoms with Gasteiger partial charge in [-0.2, -0.15) is 0 Å². The molecule has 0 bridgehead atoms. The van der Waals surface area contributed by atoms with Crippen molar-refractivity contribution in [2.45, 2.75) is 5.41 Å². The maximum Gasteiger partial charge on any atom is 0.0725 e. The van der Waals surface area contributed by atoms with E-state index in [4.69, 9.17) is 0 Å². The van der Waals surface area contributed by atoms with Crippen molar-refractivity contribution in [2.75, 3.05) is 4.90 Å². The summed E-state index contributed by atoms with van der Waals surface area (Å²) in [5.41, 5.74) is 22.8. The lowest BCUT2D eigenvalue weighted by atomic mass is 9.70. The first-order valence-corrected chi connectivity index (χ1v) is 24.3. The van der Waals surface area contributed by atoms with E-state index in [1.165, 1.54) is 111 Å². The molecule has 0 heterocycles. The highest BCUT2D eigenvalue weighted by atomic mass is 15.1. The summed E-state index contributed by atoms with van der Waals surface area (Å²) >= 11 is 0. The molecule has 0 aliphatic heterocycles. The van der Waals surface area contributed by atoms with Crippen LogP contribution in [0.3, 0.4) is 0 Å². The van der Waals surface area contributed by atoms with E-state index in [1.807, 2.05) is 0 Å². The fraction of sp³-hybridized carbons (Fsp3) is 0.0145. The summed E-state index contributed by atoms with van der Waals surface area (Å²) in [6, 6.07) is 101. The normalized spacial score (nSPS) is 12.7. The quantitative estimate of drug-likeness (QED) is 0.144. The molecule has 0 N–H and O–H groups in total. The van der Waals surface area contributed by atoms with Crippen molar-refractivity contribution in [1.82, 2.24) is 0 Å². The molecule has 1 heteroatoms. The van der Waals surface area contributed by atoms with E-state index in [2.05, 4.69) is 278 Å². The smallest absolute Gasteiger partial charge is 0.0725 e. The van der Waals surface area contributed by atoms with Crippen LogP contribution in [0.4, 0.5) is 17.1 Å². The lowest BCUT2D eigenvalue weighted by molar-refractivity contribution is 0.794. The molecule has 0 saturated carbocycles. The summed E-state index contributed by atoms with van der Waals surface area (Å²) in [6.07, 6.45) is 0. The third-order valence-electron chi connectivity index (χ3n) is 15.1. The Morgan fingerprint density at radius 3 is 1.36 bits per heavy atom. The minimum atomic E-state index is -0.431. The van der Waals surface area contributed by atoms with Crippen molar-refractivity contribution in [3.8, 4) is 66.8 Å². The fourth-order valence-corrected chi connectivity index (χ4v) is 12.2. The molecule has 1 nitrogen and oxygen atoms in total. The van der Waals surface area contributed by atoms with Crippen molar-refractivity contribution in [3.05, 3.63) is 295 Å². The van der Waals surface area contributed by atoms with Gasteiger partial charge in [0.15, 0.2) is 0 Å². The van der Waals surface area contributed by atoms with Gasteiger partial charge in [-0.3, -0.25) is 0 Å². The number of rotatable bonds is 7. The van der Waals surface area contributed by atoms with Crippen molar-refractivity contribution in [2.24, 2.45) is 0 Å². The van der Waals surface area contributed by atoms with Crippen molar-refractivity contribution >= 4 is 38.6 Å². The van der Waals surface area contributed by atoms with Gasteiger partial charge < -0.3 is 4.90 Å². The van der Waals surface area contributed by atoms with Crippen LogP contribution in [-0.2, 0) is 5.41 Å². The number of nitrogens with zero attached hydrogens (tertiary/aromatic N) is 1. The summed E-state index contributed by atoms with van der Waals surface area (Å²) in [5.74, 6) is 0.